The normalized spacial score (nSPS) is 18.7. The van der Waals surface area contributed by atoms with Gasteiger partial charge in [0, 0.05) is 18.2 Å². The van der Waals surface area contributed by atoms with Gasteiger partial charge >= 0.3 is 7.12 Å². The second kappa shape index (κ2) is 7.96. The summed E-state index contributed by atoms with van der Waals surface area (Å²) in [7, 11) is -0.529. The van der Waals surface area contributed by atoms with E-state index in [0.717, 1.165) is 11.0 Å². The van der Waals surface area contributed by atoms with E-state index in [1.165, 1.54) is 18.7 Å². The van der Waals surface area contributed by atoms with E-state index in [1.807, 2.05) is 45.9 Å². The van der Waals surface area contributed by atoms with Crippen LogP contribution in [-0.2, 0) is 14.1 Å². The standard InChI is InChI=1S/C18H25BN2O4S/c1-12(22)26-11-15(19-24-17(2,3)18(4,5)25-19)10-13-6-8-14(9-7-13)16(23)21-20/h6-10H,11,20H2,1-5H3,(H,21,23). The molecule has 0 radical (unpaired) electrons. The highest BCUT2D eigenvalue weighted by atomic mass is 32.2. The second-order valence-electron chi connectivity index (χ2n) is 7.18. The number of hydrazine groups is 1. The van der Waals surface area contributed by atoms with Crippen LogP contribution in [0, 0.1) is 0 Å². The molecule has 1 aromatic rings. The van der Waals surface area contributed by atoms with Crippen LogP contribution in [0.25, 0.3) is 6.08 Å². The quantitative estimate of drug-likeness (QED) is 0.355. The Balaban J connectivity index is 2.28. The zero-order chi connectivity index (χ0) is 19.5. The summed E-state index contributed by atoms with van der Waals surface area (Å²) in [5.74, 6) is 5.27. The number of nitrogens with two attached hydrogens (primary N) is 1. The summed E-state index contributed by atoms with van der Waals surface area (Å²) >= 11 is 1.21. The van der Waals surface area contributed by atoms with Crippen molar-refractivity contribution < 1.29 is 18.9 Å². The number of thioether (sulfide) groups is 1. The van der Waals surface area contributed by atoms with Crippen molar-refractivity contribution in [3.8, 4) is 0 Å². The monoisotopic (exact) mass is 376 g/mol. The Morgan fingerprint density at radius 3 is 2.15 bits per heavy atom. The fraction of sp³-hybridized carbons (Fsp3) is 0.444. The minimum atomic E-state index is -0.529. The molecule has 1 amide bonds. The van der Waals surface area contributed by atoms with Gasteiger partial charge in [0.15, 0.2) is 5.12 Å². The maximum Gasteiger partial charge on any atom is 0.491 e. The van der Waals surface area contributed by atoms with Crippen molar-refractivity contribution >= 4 is 36.0 Å². The fourth-order valence-corrected chi connectivity index (χ4v) is 2.97. The van der Waals surface area contributed by atoms with E-state index >= 15 is 0 Å². The Morgan fingerprint density at radius 1 is 1.15 bits per heavy atom. The van der Waals surface area contributed by atoms with Crippen molar-refractivity contribution in [2.45, 2.75) is 45.8 Å². The van der Waals surface area contributed by atoms with Gasteiger partial charge in [-0.05, 0) is 50.9 Å². The molecule has 1 fully saturated rings. The van der Waals surface area contributed by atoms with E-state index in [1.54, 1.807) is 12.1 Å². The molecule has 6 nitrogen and oxygen atoms in total. The number of nitrogens with one attached hydrogen (secondary N) is 1. The van der Waals surface area contributed by atoms with E-state index in [0.29, 0.717) is 11.3 Å². The number of benzene rings is 1. The number of carbonyl (C=O) groups excluding carboxylic acids is 2. The average Bonchev–Trinajstić information content (AvgIpc) is 2.78. The molecule has 0 spiro atoms. The Kier molecular flexibility index (Phi) is 6.34. The van der Waals surface area contributed by atoms with E-state index in [9.17, 15) is 9.59 Å². The molecule has 1 saturated heterocycles. The summed E-state index contributed by atoms with van der Waals surface area (Å²) < 4.78 is 12.2. The molecule has 0 aliphatic carbocycles. The Hall–Kier alpha value is -1.61. The van der Waals surface area contributed by atoms with Crippen LogP contribution in [0.5, 0.6) is 0 Å². The molecule has 0 unspecified atom stereocenters. The highest BCUT2D eigenvalue weighted by molar-refractivity contribution is 8.13. The third kappa shape index (κ3) is 4.76. The van der Waals surface area contributed by atoms with Gasteiger partial charge in [-0.25, -0.2) is 5.84 Å². The van der Waals surface area contributed by atoms with E-state index in [-0.39, 0.29) is 11.0 Å². The maximum atomic E-state index is 11.5. The molecule has 0 bridgehead atoms. The zero-order valence-corrected chi connectivity index (χ0v) is 16.6. The van der Waals surface area contributed by atoms with Crippen LogP contribution in [0.4, 0.5) is 0 Å². The summed E-state index contributed by atoms with van der Waals surface area (Å²) in [6.45, 7) is 9.49. The molecule has 140 valence electrons. The minimum absolute atomic E-state index is 0.0300. The maximum absolute atomic E-state index is 11.5. The topological polar surface area (TPSA) is 90.7 Å². The van der Waals surface area contributed by atoms with E-state index in [4.69, 9.17) is 15.2 Å². The molecule has 0 saturated carbocycles. The fourth-order valence-electron chi connectivity index (χ4n) is 2.39. The highest BCUT2D eigenvalue weighted by Crippen LogP contribution is 2.39. The van der Waals surface area contributed by atoms with Crippen molar-refractivity contribution in [3.05, 3.63) is 40.9 Å². The lowest BCUT2D eigenvalue weighted by molar-refractivity contribution is -0.109. The Bertz CT molecular complexity index is 700. The van der Waals surface area contributed by atoms with Crippen LogP contribution >= 0.6 is 11.8 Å². The first-order valence-electron chi connectivity index (χ1n) is 8.36. The average molecular weight is 376 g/mol. The predicted octanol–water partition coefficient (Wildman–Crippen LogP) is 2.58. The van der Waals surface area contributed by atoms with Gasteiger partial charge in [-0.15, -0.1) is 0 Å². The first kappa shape index (κ1) is 20.7. The highest BCUT2D eigenvalue weighted by Gasteiger charge is 2.52. The number of carbonyl (C=O) groups is 2. The third-order valence-corrected chi connectivity index (χ3v) is 5.54. The third-order valence-electron chi connectivity index (χ3n) is 4.65. The molecule has 1 aromatic carbocycles. The SMILES string of the molecule is CC(=O)SCC(=Cc1ccc(C(=O)NN)cc1)B1OC(C)(C)C(C)(C)O1. The van der Waals surface area contributed by atoms with Gasteiger partial charge in [-0.1, -0.05) is 30.0 Å². The Morgan fingerprint density at radius 2 is 1.69 bits per heavy atom. The lowest BCUT2D eigenvalue weighted by atomic mass is 9.78. The van der Waals surface area contributed by atoms with E-state index < -0.39 is 18.3 Å². The van der Waals surface area contributed by atoms with Gasteiger partial charge in [0.1, 0.15) is 0 Å². The van der Waals surface area contributed by atoms with Crippen LogP contribution < -0.4 is 11.3 Å². The molecule has 0 atom stereocenters. The molecule has 1 aliphatic heterocycles. The molecule has 26 heavy (non-hydrogen) atoms. The smallest absolute Gasteiger partial charge is 0.400 e. The van der Waals surface area contributed by atoms with Crippen molar-refractivity contribution in [2.75, 3.05) is 5.75 Å². The predicted molar refractivity (Wildman–Crippen MR) is 105 cm³/mol. The number of hydrogen-bond acceptors (Lipinski definition) is 6. The summed E-state index contributed by atoms with van der Waals surface area (Å²) in [5.41, 5.74) is 3.40. The van der Waals surface area contributed by atoms with Gasteiger partial charge in [0.2, 0.25) is 0 Å². The van der Waals surface area contributed by atoms with Crippen molar-refractivity contribution in [1.29, 1.82) is 0 Å². The number of nitrogen functional groups attached to an aromatic ring is 1. The van der Waals surface area contributed by atoms with Crippen LogP contribution in [0.1, 0.15) is 50.5 Å². The summed E-state index contributed by atoms with van der Waals surface area (Å²) in [6.07, 6.45) is 1.93. The largest absolute Gasteiger partial charge is 0.491 e. The molecule has 8 heteroatoms. The first-order chi connectivity index (χ1) is 12.1. The van der Waals surface area contributed by atoms with Gasteiger partial charge in [-0.3, -0.25) is 15.0 Å². The number of rotatable bonds is 5. The van der Waals surface area contributed by atoms with Gasteiger partial charge < -0.3 is 9.31 Å². The lowest BCUT2D eigenvalue weighted by Crippen LogP contribution is -2.41. The minimum Gasteiger partial charge on any atom is -0.400 e. The van der Waals surface area contributed by atoms with E-state index in [2.05, 4.69) is 5.43 Å². The molecular formula is C18H25BN2O4S. The number of amides is 1. The molecule has 3 N–H and O–H groups in total. The molecular weight excluding hydrogens is 351 g/mol. The molecule has 1 aliphatic rings. The summed E-state index contributed by atoms with van der Waals surface area (Å²) in [4.78, 5) is 23.0. The second-order valence-corrected chi connectivity index (χ2v) is 8.34. The molecule has 0 aromatic heterocycles. The van der Waals surface area contributed by atoms with Crippen LogP contribution in [0.3, 0.4) is 0 Å². The summed E-state index contributed by atoms with van der Waals surface area (Å²) in [6, 6.07) is 7.00. The van der Waals surface area contributed by atoms with Crippen molar-refractivity contribution in [3.63, 3.8) is 0 Å². The van der Waals surface area contributed by atoms with Crippen LogP contribution in [0.15, 0.2) is 29.7 Å². The van der Waals surface area contributed by atoms with Crippen molar-refractivity contribution in [2.24, 2.45) is 5.84 Å². The number of hydrogen-bond donors (Lipinski definition) is 2. The zero-order valence-electron chi connectivity index (χ0n) is 15.8. The Labute approximate surface area is 159 Å². The van der Waals surface area contributed by atoms with Crippen LogP contribution in [0.2, 0.25) is 0 Å². The lowest BCUT2D eigenvalue weighted by Gasteiger charge is -2.32. The first-order valence-corrected chi connectivity index (χ1v) is 9.35. The van der Waals surface area contributed by atoms with Crippen LogP contribution in [-0.4, -0.2) is 35.1 Å². The molecule has 1 heterocycles. The molecule has 2 rings (SSSR count). The van der Waals surface area contributed by atoms with Gasteiger partial charge in [-0.2, -0.15) is 0 Å². The van der Waals surface area contributed by atoms with Gasteiger partial charge in [0.05, 0.1) is 11.2 Å². The van der Waals surface area contributed by atoms with Crippen molar-refractivity contribution in [1.82, 2.24) is 5.43 Å². The summed E-state index contributed by atoms with van der Waals surface area (Å²) in [5, 5.41) is 0.0300. The van der Waals surface area contributed by atoms with Gasteiger partial charge in [0.25, 0.3) is 5.91 Å².